The fourth-order valence-electron chi connectivity index (χ4n) is 2.52. The Labute approximate surface area is 146 Å². The average molecular weight is 336 g/mol. The van der Waals surface area contributed by atoms with E-state index in [1.54, 1.807) is 0 Å². The highest BCUT2D eigenvalue weighted by Gasteiger charge is 2.06. The summed E-state index contributed by atoms with van der Waals surface area (Å²) in [5.41, 5.74) is 2.92. The van der Waals surface area contributed by atoms with E-state index in [0.717, 1.165) is 30.7 Å². The maximum atomic E-state index is 12.2. The molecule has 3 aromatic rings. The number of hydrogen-bond acceptors (Lipinski definition) is 5. The molecule has 0 fully saturated rings. The predicted octanol–water partition coefficient (Wildman–Crippen LogP) is 2.77. The summed E-state index contributed by atoms with van der Waals surface area (Å²) in [5.74, 6) is 0.719. The molecule has 0 bridgehead atoms. The van der Waals surface area contributed by atoms with E-state index < -0.39 is 0 Å². The van der Waals surface area contributed by atoms with E-state index in [-0.39, 0.29) is 12.4 Å². The number of aromatic nitrogens is 4. The van der Waals surface area contributed by atoms with Crippen molar-refractivity contribution in [1.82, 2.24) is 20.6 Å². The minimum atomic E-state index is -0.00530. The van der Waals surface area contributed by atoms with Crippen LogP contribution in [0.5, 0.6) is 0 Å². The maximum Gasteiger partial charge on any atom is 0.188 e. The number of rotatable bonds is 9. The smallest absolute Gasteiger partial charge is 0.188 e. The van der Waals surface area contributed by atoms with E-state index in [9.17, 15) is 4.79 Å². The van der Waals surface area contributed by atoms with Crippen LogP contribution in [0.1, 0.15) is 33.7 Å². The van der Waals surface area contributed by atoms with Gasteiger partial charge in [-0.3, -0.25) is 4.79 Å². The van der Waals surface area contributed by atoms with Crippen LogP contribution in [0.4, 0.5) is 0 Å². The van der Waals surface area contributed by atoms with Crippen molar-refractivity contribution >= 4 is 5.78 Å². The molecule has 0 radical (unpaired) electrons. The second-order valence-corrected chi connectivity index (χ2v) is 5.78. The number of aryl methyl sites for hydroxylation is 2. The molecular weight excluding hydrogens is 316 g/mol. The molecule has 3 rings (SSSR count). The fourth-order valence-corrected chi connectivity index (χ4v) is 2.52. The zero-order valence-corrected chi connectivity index (χ0v) is 13.9. The van der Waals surface area contributed by atoms with Crippen molar-refractivity contribution in [2.45, 2.75) is 25.9 Å². The summed E-state index contributed by atoms with van der Waals surface area (Å²) in [7, 11) is 0. The Bertz CT molecular complexity index is 771. The molecule has 0 atom stereocenters. The molecular formula is C19H20N4O2. The van der Waals surface area contributed by atoms with Gasteiger partial charge in [0.1, 0.15) is 6.61 Å². The van der Waals surface area contributed by atoms with E-state index in [1.165, 1.54) is 5.56 Å². The minimum absolute atomic E-state index is 0.00530. The Kier molecular flexibility index (Phi) is 6.01. The lowest BCUT2D eigenvalue weighted by molar-refractivity contribution is 0.0726. The van der Waals surface area contributed by atoms with E-state index in [2.05, 4.69) is 20.6 Å². The van der Waals surface area contributed by atoms with Crippen molar-refractivity contribution in [2.75, 3.05) is 6.61 Å². The number of tetrazole rings is 1. The van der Waals surface area contributed by atoms with Crippen LogP contribution in [0.15, 0.2) is 54.6 Å². The molecule has 0 aliphatic heterocycles. The van der Waals surface area contributed by atoms with Gasteiger partial charge in [-0.25, -0.2) is 0 Å². The zero-order valence-electron chi connectivity index (χ0n) is 13.9. The van der Waals surface area contributed by atoms with Crippen LogP contribution in [-0.4, -0.2) is 33.0 Å². The van der Waals surface area contributed by atoms with Crippen molar-refractivity contribution in [3.05, 3.63) is 77.1 Å². The lowest BCUT2D eigenvalue weighted by atomic mass is 10.0. The number of aromatic amines is 1. The number of nitrogens with zero attached hydrogens (tertiary/aromatic N) is 3. The molecule has 1 heterocycles. The van der Waals surface area contributed by atoms with E-state index in [0.29, 0.717) is 12.2 Å². The SMILES string of the molecule is O=C(COCc1ccccc1)c1ccc(CCCc2nn[nH]n2)cc1. The Hall–Kier alpha value is -2.86. The van der Waals surface area contributed by atoms with Gasteiger partial charge in [0, 0.05) is 12.0 Å². The number of ketones is 1. The number of carbonyl (C=O) groups excluding carboxylic acids is 1. The normalized spacial score (nSPS) is 10.7. The number of benzene rings is 2. The fraction of sp³-hybridized carbons (Fsp3) is 0.263. The van der Waals surface area contributed by atoms with Crippen LogP contribution in [0.3, 0.4) is 0 Å². The molecule has 128 valence electrons. The van der Waals surface area contributed by atoms with Gasteiger partial charge in [0.25, 0.3) is 0 Å². The third-order valence-corrected chi connectivity index (χ3v) is 3.88. The molecule has 0 spiro atoms. The van der Waals surface area contributed by atoms with Crippen molar-refractivity contribution < 1.29 is 9.53 Å². The van der Waals surface area contributed by atoms with E-state index in [1.807, 2.05) is 54.6 Å². The molecule has 0 aliphatic rings. The Balaban J connectivity index is 1.42. The summed E-state index contributed by atoms with van der Waals surface area (Å²) < 4.78 is 5.50. The highest BCUT2D eigenvalue weighted by molar-refractivity contribution is 5.97. The van der Waals surface area contributed by atoms with E-state index >= 15 is 0 Å². The number of carbonyl (C=O) groups is 1. The largest absolute Gasteiger partial charge is 0.369 e. The summed E-state index contributed by atoms with van der Waals surface area (Å²) in [6.07, 6.45) is 2.63. The molecule has 0 saturated heterocycles. The number of ether oxygens (including phenoxy) is 1. The van der Waals surface area contributed by atoms with Gasteiger partial charge in [-0.05, 0) is 24.0 Å². The van der Waals surface area contributed by atoms with Crippen molar-refractivity contribution in [2.24, 2.45) is 0 Å². The Morgan fingerprint density at radius 2 is 1.76 bits per heavy atom. The Morgan fingerprint density at radius 1 is 0.960 bits per heavy atom. The Morgan fingerprint density at radius 3 is 2.48 bits per heavy atom. The number of H-pyrrole nitrogens is 1. The number of nitrogens with one attached hydrogen (secondary N) is 1. The molecule has 0 unspecified atom stereocenters. The first-order chi connectivity index (χ1) is 12.3. The number of hydrogen-bond donors (Lipinski definition) is 1. The van der Waals surface area contributed by atoms with Gasteiger partial charge in [-0.1, -0.05) is 59.8 Å². The predicted molar refractivity (Wildman–Crippen MR) is 93.1 cm³/mol. The number of Topliss-reactive ketones (excluding diaryl/α,β-unsaturated/α-hetero) is 1. The van der Waals surface area contributed by atoms with Gasteiger partial charge in [0.15, 0.2) is 11.6 Å². The van der Waals surface area contributed by atoms with Gasteiger partial charge in [-0.15, -0.1) is 10.2 Å². The van der Waals surface area contributed by atoms with Crippen LogP contribution in [-0.2, 0) is 24.2 Å². The van der Waals surface area contributed by atoms with E-state index in [4.69, 9.17) is 4.74 Å². The van der Waals surface area contributed by atoms with Gasteiger partial charge < -0.3 is 4.74 Å². The van der Waals surface area contributed by atoms with Crippen LogP contribution in [0, 0.1) is 0 Å². The summed E-state index contributed by atoms with van der Waals surface area (Å²) in [4.78, 5) is 12.2. The minimum Gasteiger partial charge on any atom is -0.369 e. The molecule has 1 N–H and O–H groups in total. The zero-order chi connectivity index (χ0) is 17.3. The van der Waals surface area contributed by atoms with Gasteiger partial charge >= 0.3 is 0 Å². The molecule has 0 saturated carbocycles. The second-order valence-electron chi connectivity index (χ2n) is 5.78. The van der Waals surface area contributed by atoms with Gasteiger partial charge in [0.05, 0.1) is 6.61 Å². The highest BCUT2D eigenvalue weighted by atomic mass is 16.5. The summed E-state index contributed by atoms with van der Waals surface area (Å²) in [6, 6.07) is 17.5. The topological polar surface area (TPSA) is 80.8 Å². The monoisotopic (exact) mass is 336 g/mol. The summed E-state index contributed by atoms with van der Waals surface area (Å²) in [6.45, 7) is 0.535. The van der Waals surface area contributed by atoms with Crippen molar-refractivity contribution in [1.29, 1.82) is 0 Å². The molecule has 0 amide bonds. The second kappa shape index (κ2) is 8.84. The third kappa shape index (κ3) is 5.32. The van der Waals surface area contributed by atoms with Crippen molar-refractivity contribution in [3.8, 4) is 0 Å². The first kappa shape index (κ1) is 17.0. The molecule has 1 aromatic heterocycles. The average Bonchev–Trinajstić information content (AvgIpc) is 3.16. The summed E-state index contributed by atoms with van der Waals surface area (Å²) >= 11 is 0. The summed E-state index contributed by atoms with van der Waals surface area (Å²) in [5, 5.41) is 13.8. The van der Waals surface area contributed by atoms with Crippen molar-refractivity contribution in [3.63, 3.8) is 0 Å². The van der Waals surface area contributed by atoms with Crippen LogP contribution in [0.25, 0.3) is 0 Å². The lowest BCUT2D eigenvalue weighted by Gasteiger charge is -2.05. The molecule has 6 heteroatoms. The molecule has 2 aromatic carbocycles. The van der Waals surface area contributed by atoms with Gasteiger partial charge in [-0.2, -0.15) is 5.21 Å². The molecule has 25 heavy (non-hydrogen) atoms. The standard InChI is InChI=1S/C19H20N4O2/c24-18(14-25-13-16-5-2-1-3-6-16)17-11-9-15(10-12-17)7-4-8-19-20-22-23-21-19/h1-3,5-6,9-12H,4,7-8,13-14H2,(H,20,21,22,23). The van der Waals surface area contributed by atoms with Crippen LogP contribution in [0.2, 0.25) is 0 Å². The first-order valence-corrected chi connectivity index (χ1v) is 8.27. The third-order valence-electron chi connectivity index (χ3n) is 3.88. The quantitative estimate of drug-likeness (QED) is 0.608. The highest BCUT2D eigenvalue weighted by Crippen LogP contribution is 2.09. The maximum absolute atomic E-state index is 12.2. The lowest BCUT2D eigenvalue weighted by Crippen LogP contribution is -2.09. The molecule has 6 nitrogen and oxygen atoms in total. The van der Waals surface area contributed by atoms with Crippen LogP contribution < -0.4 is 0 Å². The van der Waals surface area contributed by atoms with Crippen LogP contribution >= 0.6 is 0 Å². The van der Waals surface area contributed by atoms with Gasteiger partial charge in [0.2, 0.25) is 0 Å². The molecule has 0 aliphatic carbocycles. The first-order valence-electron chi connectivity index (χ1n) is 8.27.